The quantitative estimate of drug-likeness (QED) is 0.837. The monoisotopic (exact) mass is 305 g/mol. The van der Waals surface area contributed by atoms with Crippen LogP contribution in [0.4, 0.5) is 0 Å². The van der Waals surface area contributed by atoms with E-state index in [0.29, 0.717) is 12.5 Å². The van der Waals surface area contributed by atoms with Gasteiger partial charge in [-0.1, -0.05) is 62.7 Å². The maximum Gasteiger partial charge on any atom is 0.120 e. The fourth-order valence-corrected chi connectivity index (χ4v) is 2.14. The Morgan fingerprint density at radius 3 is 2.43 bits per heavy atom. The number of halogens is 1. The fourth-order valence-electron chi connectivity index (χ4n) is 2.14. The molecule has 21 heavy (non-hydrogen) atoms. The number of benzene rings is 2. The smallest absolute Gasteiger partial charge is 0.120 e. The van der Waals surface area contributed by atoms with Crippen molar-refractivity contribution in [2.45, 2.75) is 32.9 Å². The fraction of sp³-hybridized carbons (Fsp3) is 0.333. The topological polar surface area (TPSA) is 35.2 Å². The lowest BCUT2D eigenvalue weighted by atomic mass is 9.93. The highest BCUT2D eigenvalue weighted by molar-refractivity contribution is 5.85. The summed E-state index contributed by atoms with van der Waals surface area (Å²) in [5, 5.41) is 0. The first kappa shape index (κ1) is 17.5. The highest BCUT2D eigenvalue weighted by Gasteiger charge is 2.13. The molecule has 0 spiro atoms. The van der Waals surface area contributed by atoms with Crippen LogP contribution in [-0.2, 0) is 6.61 Å². The van der Waals surface area contributed by atoms with Crippen LogP contribution in [0.5, 0.6) is 5.75 Å². The zero-order valence-corrected chi connectivity index (χ0v) is 13.5. The molecule has 2 nitrogen and oxygen atoms in total. The molecule has 0 aliphatic carbocycles. The maximum absolute atomic E-state index is 6.27. The summed E-state index contributed by atoms with van der Waals surface area (Å²) in [5.41, 5.74) is 8.58. The van der Waals surface area contributed by atoms with Gasteiger partial charge in [0.25, 0.3) is 0 Å². The molecule has 0 bridgehead atoms. The van der Waals surface area contributed by atoms with E-state index in [4.69, 9.17) is 10.5 Å². The Morgan fingerprint density at radius 1 is 1.05 bits per heavy atom. The number of nitrogens with two attached hydrogens (primary N) is 1. The van der Waals surface area contributed by atoms with E-state index < -0.39 is 0 Å². The Hall–Kier alpha value is -1.51. The van der Waals surface area contributed by atoms with Crippen LogP contribution in [0.25, 0.3) is 0 Å². The highest BCUT2D eigenvalue weighted by atomic mass is 35.5. The van der Waals surface area contributed by atoms with E-state index in [-0.39, 0.29) is 18.4 Å². The van der Waals surface area contributed by atoms with Crippen LogP contribution in [0.3, 0.4) is 0 Å². The van der Waals surface area contributed by atoms with Gasteiger partial charge in [-0.15, -0.1) is 12.4 Å². The minimum Gasteiger partial charge on any atom is -0.489 e. The van der Waals surface area contributed by atoms with Crippen molar-refractivity contribution < 1.29 is 4.74 Å². The van der Waals surface area contributed by atoms with E-state index in [1.54, 1.807) is 0 Å². The van der Waals surface area contributed by atoms with Crippen LogP contribution >= 0.6 is 12.4 Å². The lowest BCUT2D eigenvalue weighted by Gasteiger charge is -2.19. The van der Waals surface area contributed by atoms with Gasteiger partial charge in [0.1, 0.15) is 12.4 Å². The molecule has 2 aromatic carbocycles. The van der Waals surface area contributed by atoms with Crippen LogP contribution in [0, 0.1) is 5.92 Å². The molecular formula is C18H24ClNO. The molecule has 0 aliphatic rings. The predicted octanol–water partition coefficient (Wildman–Crippen LogP) is 4.73. The molecule has 0 radical (unpaired) electrons. The van der Waals surface area contributed by atoms with Crippen molar-refractivity contribution in [2.24, 2.45) is 11.7 Å². The first-order valence-corrected chi connectivity index (χ1v) is 7.23. The van der Waals surface area contributed by atoms with Crippen LogP contribution < -0.4 is 10.5 Å². The lowest BCUT2D eigenvalue weighted by molar-refractivity contribution is 0.305. The minimum atomic E-state index is 0. The maximum atomic E-state index is 6.27. The second-order valence-corrected chi connectivity index (χ2v) is 5.26. The summed E-state index contributed by atoms with van der Waals surface area (Å²) in [6.45, 7) is 4.94. The molecule has 0 heterocycles. The number of ether oxygens (including phenoxy) is 1. The van der Waals surface area contributed by atoms with Gasteiger partial charge in [0, 0.05) is 6.04 Å². The van der Waals surface area contributed by atoms with Gasteiger partial charge in [0.2, 0.25) is 0 Å². The van der Waals surface area contributed by atoms with Crippen molar-refractivity contribution in [3.05, 3.63) is 65.7 Å². The summed E-state index contributed by atoms with van der Waals surface area (Å²) in [7, 11) is 0. The van der Waals surface area contributed by atoms with Crippen molar-refractivity contribution in [3.63, 3.8) is 0 Å². The Balaban J connectivity index is 0.00000220. The predicted molar refractivity (Wildman–Crippen MR) is 90.8 cm³/mol. The van der Waals surface area contributed by atoms with Crippen molar-refractivity contribution in [1.82, 2.24) is 0 Å². The molecule has 3 heteroatoms. The van der Waals surface area contributed by atoms with Gasteiger partial charge in [-0.25, -0.2) is 0 Å². The number of rotatable bonds is 6. The van der Waals surface area contributed by atoms with E-state index in [0.717, 1.165) is 17.7 Å². The lowest BCUT2D eigenvalue weighted by Crippen LogP contribution is -2.18. The van der Waals surface area contributed by atoms with E-state index in [9.17, 15) is 0 Å². The average molecular weight is 306 g/mol. The molecule has 2 aromatic rings. The molecule has 1 unspecified atom stereocenters. The van der Waals surface area contributed by atoms with Crippen molar-refractivity contribution in [1.29, 1.82) is 0 Å². The van der Waals surface area contributed by atoms with Gasteiger partial charge >= 0.3 is 0 Å². The molecule has 0 saturated heterocycles. The summed E-state index contributed by atoms with van der Waals surface area (Å²) in [6.07, 6.45) is 1.08. The molecule has 2 N–H and O–H groups in total. The summed E-state index contributed by atoms with van der Waals surface area (Å²) < 4.78 is 5.84. The van der Waals surface area contributed by atoms with Gasteiger partial charge in [-0.05, 0) is 29.2 Å². The molecular weight excluding hydrogens is 282 g/mol. The largest absolute Gasteiger partial charge is 0.489 e. The zero-order chi connectivity index (χ0) is 14.4. The molecule has 0 aliphatic heterocycles. The third-order valence-electron chi connectivity index (χ3n) is 3.75. The highest BCUT2D eigenvalue weighted by Crippen LogP contribution is 2.25. The van der Waals surface area contributed by atoms with Gasteiger partial charge in [0.05, 0.1) is 0 Å². The molecule has 0 saturated carbocycles. The number of hydrogen-bond acceptors (Lipinski definition) is 2. The Kier molecular flexibility index (Phi) is 7.27. The summed E-state index contributed by atoms with van der Waals surface area (Å²) in [6, 6.07) is 18.4. The normalized spacial score (nSPS) is 13.1. The number of hydrogen-bond donors (Lipinski definition) is 1. The third-order valence-corrected chi connectivity index (χ3v) is 3.75. The SMILES string of the molecule is CCC(C)[C@H](N)c1cccc(OCc2ccccc2)c1.Cl. The second kappa shape index (κ2) is 8.71. The summed E-state index contributed by atoms with van der Waals surface area (Å²) in [4.78, 5) is 0. The van der Waals surface area contributed by atoms with Crippen molar-refractivity contribution >= 4 is 12.4 Å². The van der Waals surface area contributed by atoms with Gasteiger partial charge in [-0.3, -0.25) is 0 Å². The molecule has 0 amide bonds. The van der Waals surface area contributed by atoms with Crippen molar-refractivity contribution in [2.75, 3.05) is 0 Å². The van der Waals surface area contributed by atoms with Crippen LogP contribution in [-0.4, -0.2) is 0 Å². The van der Waals surface area contributed by atoms with Crippen LogP contribution in [0.2, 0.25) is 0 Å². The summed E-state index contributed by atoms with van der Waals surface area (Å²) in [5.74, 6) is 1.35. The molecule has 114 valence electrons. The average Bonchev–Trinajstić information content (AvgIpc) is 2.52. The van der Waals surface area contributed by atoms with E-state index in [2.05, 4.69) is 38.1 Å². The van der Waals surface area contributed by atoms with Crippen molar-refractivity contribution in [3.8, 4) is 5.75 Å². The molecule has 2 rings (SSSR count). The first-order valence-electron chi connectivity index (χ1n) is 7.23. The Bertz CT molecular complexity index is 530. The zero-order valence-electron chi connectivity index (χ0n) is 12.7. The van der Waals surface area contributed by atoms with Crippen LogP contribution in [0.15, 0.2) is 54.6 Å². The third kappa shape index (κ3) is 5.07. The summed E-state index contributed by atoms with van der Waals surface area (Å²) >= 11 is 0. The van der Waals surface area contributed by atoms with Gasteiger partial charge in [0.15, 0.2) is 0 Å². The molecule has 0 aromatic heterocycles. The standard InChI is InChI=1S/C18H23NO.ClH/c1-3-14(2)18(19)16-10-7-11-17(12-16)20-13-15-8-5-4-6-9-15;/h4-12,14,18H,3,13,19H2,1-2H3;1H/t14?,18-;/m0./s1. The minimum absolute atomic E-state index is 0. The first-order chi connectivity index (χ1) is 9.70. The second-order valence-electron chi connectivity index (χ2n) is 5.26. The molecule has 0 fully saturated rings. The van der Waals surface area contributed by atoms with Gasteiger partial charge in [-0.2, -0.15) is 0 Å². The van der Waals surface area contributed by atoms with E-state index >= 15 is 0 Å². The van der Waals surface area contributed by atoms with E-state index in [1.807, 2.05) is 30.3 Å². The van der Waals surface area contributed by atoms with Crippen LogP contribution in [0.1, 0.15) is 37.4 Å². The molecule has 2 atom stereocenters. The van der Waals surface area contributed by atoms with Gasteiger partial charge < -0.3 is 10.5 Å². The Morgan fingerprint density at radius 2 is 1.76 bits per heavy atom. The van der Waals surface area contributed by atoms with E-state index in [1.165, 1.54) is 5.56 Å². The Labute approximate surface area is 133 Å².